The molecule has 2 N–H and O–H groups in total. The average Bonchev–Trinajstić information content (AvgIpc) is 3.57. The Balaban J connectivity index is 0.00000306. The molecule has 2 aromatic rings. The molecule has 0 aromatic heterocycles. The molecule has 0 amide bonds. The van der Waals surface area contributed by atoms with Crippen molar-refractivity contribution in [3.8, 4) is 5.75 Å². The fraction of sp³-hybridized carbons (Fsp3) is 0.423. The van der Waals surface area contributed by atoms with Gasteiger partial charge in [-0.05, 0) is 49.7 Å². The van der Waals surface area contributed by atoms with Crippen LogP contribution in [0.2, 0.25) is 0 Å². The van der Waals surface area contributed by atoms with Gasteiger partial charge in [0.05, 0.1) is 13.2 Å². The van der Waals surface area contributed by atoms with Crippen LogP contribution < -0.4 is 20.3 Å². The Morgan fingerprint density at radius 1 is 1.00 bits per heavy atom. The van der Waals surface area contributed by atoms with Gasteiger partial charge in [0.2, 0.25) is 0 Å². The van der Waals surface area contributed by atoms with Crippen molar-refractivity contribution in [1.82, 2.24) is 15.5 Å². The van der Waals surface area contributed by atoms with Crippen molar-refractivity contribution in [2.75, 3.05) is 51.8 Å². The molecule has 1 unspecified atom stereocenters. The number of nitrogens with one attached hydrogen (secondary N) is 2. The number of halogens is 1. The Morgan fingerprint density at radius 2 is 1.70 bits per heavy atom. The molecule has 4 rings (SSSR count). The van der Waals surface area contributed by atoms with E-state index in [0.717, 1.165) is 51.0 Å². The predicted molar refractivity (Wildman–Crippen MR) is 148 cm³/mol. The molecule has 1 saturated heterocycles. The summed E-state index contributed by atoms with van der Waals surface area (Å²) in [6.07, 6.45) is 6.93. The van der Waals surface area contributed by atoms with E-state index in [0.29, 0.717) is 0 Å². The first kappa shape index (κ1) is 25.4. The van der Waals surface area contributed by atoms with Crippen LogP contribution in [-0.4, -0.2) is 57.7 Å². The van der Waals surface area contributed by atoms with Crippen molar-refractivity contribution in [3.63, 3.8) is 0 Å². The van der Waals surface area contributed by atoms with Gasteiger partial charge in [0.15, 0.2) is 5.96 Å². The molecular formula is C26H36IN5O. The van der Waals surface area contributed by atoms with E-state index < -0.39 is 0 Å². The van der Waals surface area contributed by atoms with E-state index in [2.05, 4.69) is 74.0 Å². The molecule has 0 bridgehead atoms. The molecule has 178 valence electrons. The number of nitrogens with zero attached hydrogens (tertiary/aromatic N) is 3. The van der Waals surface area contributed by atoms with Crippen LogP contribution in [0.4, 0.5) is 5.69 Å². The molecule has 2 aromatic carbocycles. The maximum absolute atomic E-state index is 5.66. The quantitative estimate of drug-likeness (QED) is 0.219. The molecule has 6 nitrogen and oxygen atoms in total. The smallest absolute Gasteiger partial charge is 0.191 e. The first-order valence-corrected chi connectivity index (χ1v) is 11.6. The minimum absolute atomic E-state index is 0. The van der Waals surface area contributed by atoms with Gasteiger partial charge in [-0.2, -0.15) is 0 Å². The summed E-state index contributed by atoms with van der Waals surface area (Å²) in [6, 6.07) is 17.4. The largest absolute Gasteiger partial charge is 0.496 e. The van der Waals surface area contributed by atoms with E-state index in [4.69, 9.17) is 4.74 Å². The van der Waals surface area contributed by atoms with Crippen LogP contribution in [0.15, 0.2) is 65.7 Å². The van der Waals surface area contributed by atoms with E-state index in [1.165, 1.54) is 29.7 Å². The van der Waals surface area contributed by atoms with Gasteiger partial charge in [-0.15, -0.1) is 24.0 Å². The fourth-order valence-electron chi connectivity index (χ4n) is 4.54. The minimum atomic E-state index is 0. The number of aliphatic imine (C=N–C) groups is 1. The van der Waals surface area contributed by atoms with Crippen LogP contribution in [0, 0.1) is 0 Å². The Hall–Kier alpha value is -2.26. The molecule has 0 radical (unpaired) electrons. The number of likely N-dealkylation sites (tertiary alicyclic amines) is 1. The summed E-state index contributed by atoms with van der Waals surface area (Å²) in [5.41, 5.74) is 3.74. The third-order valence-corrected chi connectivity index (χ3v) is 6.35. The van der Waals surface area contributed by atoms with Crippen molar-refractivity contribution < 1.29 is 4.74 Å². The number of ether oxygens (including phenoxy) is 1. The lowest BCUT2D eigenvalue weighted by atomic mass is 10.0. The highest BCUT2D eigenvalue weighted by Gasteiger charge is 2.26. The van der Waals surface area contributed by atoms with Crippen molar-refractivity contribution >= 4 is 35.6 Å². The second-order valence-electron chi connectivity index (χ2n) is 8.35. The number of benzene rings is 2. The van der Waals surface area contributed by atoms with Crippen molar-refractivity contribution in [1.29, 1.82) is 0 Å². The zero-order chi connectivity index (χ0) is 22.2. The number of guanidine groups is 1. The Kier molecular flexibility index (Phi) is 9.87. The fourth-order valence-corrected chi connectivity index (χ4v) is 4.54. The van der Waals surface area contributed by atoms with E-state index in [9.17, 15) is 0 Å². The first-order valence-electron chi connectivity index (χ1n) is 11.6. The van der Waals surface area contributed by atoms with Crippen LogP contribution >= 0.6 is 24.0 Å². The summed E-state index contributed by atoms with van der Waals surface area (Å²) in [5.74, 6) is 1.76. The van der Waals surface area contributed by atoms with Crippen molar-refractivity contribution in [2.24, 2.45) is 4.99 Å². The van der Waals surface area contributed by atoms with Gasteiger partial charge >= 0.3 is 0 Å². The van der Waals surface area contributed by atoms with Crippen molar-refractivity contribution in [2.45, 2.75) is 25.4 Å². The van der Waals surface area contributed by atoms with E-state index in [1.54, 1.807) is 7.11 Å². The summed E-state index contributed by atoms with van der Waals surface area (Å²) >= 11 is 0. The van der Waals surface area contributed by atoms with Gasteiger partial charge in [-0.1, -0.05) is 42.5 Å². The number of methoxy groups -OCH3 is 1. The summed E-state index contributed by atoms with van der Waals surface area (Å²) < 4.78 is 5.66. The van der Waals surface area contributed by atoms with E-state index in [-0.39, 0.29) is 30.0 Å². The maximum Gasteiger partial charge on any atom is 0.191 e. The van der Waals surface area contributed by atoms with E-state index in [1.807, 2.05) is 19.2 Å². The number of hydrogen-bond donors (Lipinski definition) is 2. The first-order chi connectivity index (χ1) is 15.8. The van der Waals surface area contributed by atoms with Gasteiger partial charge in [0.1, 0.15) is 5.75 Å². The summed E-state index contributed by atoms with van der Waals surface area (Å²) in [6.45, 7) is 5.75. The topological polar surface area (TPSA) is 52.1 Å². The van der Waals surface area contributed by atoms with Crippen LogP contribution in [0.1, 0.15) is 30.0 Å². The highest BCUT2D eigenvalue weighted by Crippen LogP contribution is 2.31. The monoisotopic (exact) mass is 561 g/mol. The normalized spacial score (nSPS) is 17.0. The molecule has 0 saturated carbocycles. The highest BCUT2D eigenvalue weighted by atomic mass is 127. The summed E-state index contributed by atoms with van der Waals surface area (Å²) in [4.78, 5) is 9.35. The molecule has 2 heterocycles. The number of para-hydroxylation sites is 1. The molecule has 0 spiro atoms. The summed E-state index contributed by atoms with van der Waals surface area (Å²) in [7, 11) is 3.58. The molecule has 2 aliphatic heterocycles. The lowest BCUT2D eigenvalue weighted by Crippen LogP contribution is -2.42. The third-order valence-electron chi connectivity index (χ3n) is 6.35. The predicted octanol–water partition coefficient (Wildman–Crippen LogP) is 4.19. The molecule has 7 heteroatoms. The molecule has 0 aliphatic carbocycles. The minimum Gasteiger partial charge on any atom is -0.496 e. The standard InChI is InChI=1S/C26H35N5O.HI/c1-27-26(28-19-21-11-13-22(14-12-21)30-15-5-6-16-30)29-20-24(31-17-7-8-18-31)23-9-3-4-10-25(23)32-2;/h3-6,9-14,24H,7-8,15-20H2,1-2H3,(H2,27,28,29);1H. The van der Waals surface area contributed by atoms with Gasteiger partial charge in [-0.3, -0.25) is 9.89 Å². The molecule has 33 heavy (non-hydrogen) atoms. The Labute approximate surface area is 215 Å². The van der Waals surface area contributed by atoms with E-state index >= 15 is 0 Å². The van der Waals surface area contributed by atoms with Crippen LogP contribution in [0.5, 0.6) is 5.75 Å². The average molecular weight is 562 g/mol. The summed E-state index contributed by atoms with van der Waals surface area (Å²) in [5, 5.41) is 7.01. The molecule has 1 fully saturated rings. The van der Waals surface area contributed by atoms with Gasteiger partial charge < -0.3 is 20.3 Å². The van der Waals surface area contributed by atoms with Gasteiger partial charge in [0.25, 0.3) is 0 Å². The Morgan fingerprint density at radius 3 is 2.36 bits per heavy atom. The lowest BCUT2D eigenvalue weighted by Gasteiger charge is -2.30. The highest BCUT2D eigenvalue weighted by molar-refractivity contribution is 14.0. The van der Waals surface area contributed by atoms with Crippen LogP contribution in [0.3, 0.4) is 0 Å². The van der Waals surface area contributed by atoms with Gasteiger partial charge in [-0.25, -0.2) is 0 Å². The van der Waals surface area contributed by atoms with Crippen LogP contribution in [-0.2, 0) is 6.54 Å². The molecule has 1 atom stereocenters. The molecular weight excluding hydrogens is 525 g/mol. The Bertz CT molecular complexity index is 917. The lowest BCUT2D eigenvalue weighted by molar-refractivity contribution is 0.239. The van der Waals surface area contributed by atoms with Crippen LogP contribution in [0.25, 0.3) is 0 Å². The number of rotatable bonds is 8. The number of hydrogen-bond acceptors (Lipinski definition) is 4. The zero-order valence-corrected chi connectivity index (χ0v) is 22.0. The second kappa shape index (κ2) is 12.8. The van der Waals surface area contributed by atoms with Crippen molar-refractivity contribution in [3.05, 3.63) is 71.8 Å². The SMILES string of the molecule is CN=C(NCc1ccc(N2CC=CC2)cc1)NCC(c1ccccc1OC)N1CCCC1.I. The zero-order valence-electron chi connectivity index (χ0n) is 19.7. The second-order valence-corrected chi connectivity index (χ2v) is 8.35. The molecule has 2 aliphatic rings. The third kappa shape index (κ3) is 6.63. The maximum atomic E-state index is 5.66. The van der Waals surface area contributed by atoms with Gasteiger partial charge in [0, 0.05) is 44.5 Å². The number of anilines is 1.